The van der Waals surface area contributed by atoms with Crippen LogP contribution in [0.2, 0.25) is 5.02 Å². The zero-order valence-electron chi connectivity index (χ0n) is 11.9. The monoisotopic (exact) mass is 299 g/mol. The first-order valence-corrected chi connectivity index (χ1v) is 6.52. The highest BCUT2D eigenvalue weighted by Gasteiger charge is 2.38. The van der Waals surface area contributed by atoms with E-state index in [1.54, 1.807) is 19.1 Å². The van der Waals surface area contributed by atoms with Gasteiger partial charge in [0, 0.05) is 11.6 Å². The molecule has 0 fully saturated rings. The summed E-state index contributed by atoms with van der Waals surface area (Å²) in [5.41, 5.74) is -1.07. The van der Waals surface area contributed by atoms with Crippen LogP contribution in [0.15, 0.2) is 18.2 Å². The Morgan fingerprint density at radius 2 is 2.00 bits per heavy atom. The number of amides is 1. The quantitative estimate of drug-likeness (QED) is 0.907. The van der Waals surface area contributed by atoms with Gasteiger partial charge in [0.2, 0.25) is 0 Å². The summed E-state index contributed by atoms with van der Waals surface area (Å²) in [5.74, 6) is -1.15. The number of likely N-dealkylation sites (N-methyl/N-ethyl adjacent to an activating group) is 1. The fraction of sp³-hybridized carbons (Fsp3) is 0.429. The van der Waals surface area contributed by atoms with E-state index in [0.717, 1.165) is 0 Å². The van der Waals surface area contributed by atoms with Crippen molar-refractivity contribution >= 4 is 23.5 Å². The molecule has 1 N–H and O–H groups in total. The Morgan fingerprint density at radius 1 is 1.40 bits per heavy atom. The Bertz CT molecular complexity index is 528. The third-order valence-electron chi connectivity index (χ3n) is 3.15. The number of halogens is 1. The van der Waals surface area contributed by atoms with Gasteiger partial charge in [0.25, 0.3) is 5.91 Å². The maximum absolute atomic E-state index is 12.6. The van der Waals surface area contributed by atoms with Crippen LogP contribution in [-0.4, -0.2) is 41.1 Å². The topological polar surface area (TPSA) is 66.8 Å². The molecular weight excluding hydrogens is 282 g/mol. The van der Waals surface area contributed by atoms with Crippen LogP contribution in [0.5, 0.6) is 5.75 Å². The standard InChI is InChI=1S/C14H18ClNO4/c1-5-16(14(2,3)13(18)19)12(17)10-8-9(15)6-7-11(10)20-4/h6-8H,5H2,1-4H3,(H,18,19). The summed E-state index contributed by atoms with van der Waals surface area (Å²) >= 11 is 5.90. The van der Waals surface area contributed by atoms with Crippen LogP contribution in [0.3, 0.4) is 0 Å². The molecule has 0 bridgehead atoms. The Labute approximate surface area is 123 Å². The molecule has 0 heterocycles. The van der Waals surface area contributed by atoms with Gasteiger partial charge in [-0.2, -0.15) is 0 Å². The molecule has 5 nitrogen and oxygen atoms in total. The van der Waals surface area contributed by atoms with Crippen LogP contribution in [0.4, 0.5) is 0 Å². The van der Waals surface area contributed by atoms with Crippen molar-refractivity contribution in [1.29, 1.82) is 0 Å². The van der Waals surface area contributed by atoms with E-state index in [1.165, 1.54) is 31.9 Å². The molecule has 0 saturated carbocycles. The van der Waals surface area contributed by atoms with Crippen LogP contribution in [0.1, 0.15) is 31.1 Å². The molecule has 0 atom stereocenters. The number of carbonyl (C=O) groups is 2. The maximum Gasteiger partial charge on any atom is 0.329 e. The Morgan fingerprint density at radius 3 is 2.45 bits per heavy atom. The molecule has 110 valence electrons. The molecule has 1 aromatic rings. The van der Waals surface area contributed by atoms with E-state index < -0.39 is 17.4 Å². The number of hydrogen-bond acceptors (Lipinski definition) is 3. The summed E-state index contributed by atoms with van der Waals surface area (Å²) in [5, 5.41) is 9.66. The second-order valence-electron chi connectivity index (χ2n) is 4.76. The van der Waals surface area contributed by atoms with Gasteiger partial charge in [-0.25, -0.2) is 4.79 Å². The minimum Gasteiger partial charge on any atom is -0.496 e. The molecule has 0 aliphatic rings. The fourth-order valence-electron chi connectivity index (χ4n) is 1.90. The van der Waals surface area contributed by atoms with Crippen LogP contribution in [0.25, 0.3) is 0 Å². The van der Waals surface area contributed by atoms with Crippen molar-refractivity contribution in [3.63, 3.8) is 0 Å². The third kappa shape index (κ3) is 3.04. The smallest absolute Gasteiger partial charge is 0.329 e. The highest BCUT2D eigenvalue weighted by Crippen LogP contribution is 2.27. The molecule has 20 heavy (non-hydrogen) atoms. The van der Waals surface area contributed by atoms with Gasteiger partial charge >= 0.3 is 5.97 Å². The highest BCUT2D eigenvalue weighted by molar-refractivity contribution is 6.31. The minimum absolute atomic E-state index is 0.246. The van der Waals surface area contributed by atoms with Crippen molar-refractivity contribution in [1.82, 2.24) is 4.90 Å². The van der Waals surface area contributed by atoms with Crippen molar-refractivity contribution in [2.24, 2.45) is 0 Å². The van der Waals surface area contributed by atoms with Crippen LogP contribution in [-0.2, 0) is 4.79 Å². The summed E-state index contributed by atoms with van der Waals surface area (Å²) in [6.45, 7) is 4.94. The molecule has 1 aromatic carbocycles. The van der Waals surface area contributed by atoms with E-state index in [4.69, 9.17) is 16.3 Å². The van der Waals surface area contributed by atoms with Gasteiger partial charge < -0.3 is 14.7 Å². The average molecular weight is 300 g/mol. The number of benzene rings is 1. The second kappa shape index (κ2) is 6.13. The number of aliphatic carboxylic acids is 1. The van der Waals surface area contributed by atoms with Crippen molar-refractivity contribution in [2.75, 3.05) is 13.7 Å². The molecule has 6 heteroatoms. The lowest BCUT2D eigenvalue weighted by molar-refractivity contribution is -0.147. The van der Waals surface area contributed by atoms with E-state index in [2.05, 4.69) is 0 Å². The van der Waals surface area contributed by atoms with Crippen molar-refractivity contribution < 1.29 is 19.4 Å². The lowest BCUT2D eigenvalue weighted by atomic mass is 10.0. The van der Waals surface area contributed by atoms with Crippen molar-refractivity contribution in [2.45, 2.75) is 26.3 Å². The zero-order chi connectivity index (χ0) is 15.5. The average Bonchev–Trinajstić information content (AvgIpc) is 2.38. The van der Waals surface area contributed by atoms with E-state index in [9.17, 15) is 14.7 Å². The number of rotatable bonds is 5. The van der Waals surface area contributed by atoms with Gasteiger partial charge in [0.1, 0.15) is 11.3 Å². The van der Waals surface area contributed by atoms with Gasteiger partial charge in [0.05, 0.1) is 12.7 Å². The van der Waals surface area contributed by atoms with E-state index in [-0.39, 0.29) is 12.1 Å². The summed E-state index contributed by atoms with van der Waals surface area (Å²) in [4.78, 5) is 25.2. The summed E-state index contributed by atoms with van der Waals surface area (Å²) in [6, 6.07) is 4.66. The van der Waals surface area contributed by atoms with Gasteiger partial charge in [0.15, 0.2) is 0 Å². The number of hydrogen-bond donors (Lipinski definition) is 1. The Kier molecular flexibility index (Phi) is 5.00. The number of carboxylic acids is 1. The summed E-state index contributed by atoms with van der Waals surface area (Å²) in [6.07, 6.45) is 0. The fourth-order valence-corrected chi connectivity index (χ4v) is 2.07. The highest BCUT2D eigenvalue weighted by atomic mass is 35.5. The number of ether oxygens (including phenoxy) is 1. The molecule has 0 radical (unpaired) electrons. The number of methoxy groups -OCH3 is 1. The van der Waals surface area contributed by atoms with E-state index in [0.29, 0.717) is 10.8 Å². The van der Waals surface area contributed by atoms with Gasteiger partial charge in [-0.1, -0.05) is 11.6 Å². The molecule has 0 saturated heterocycles. The predicted octanol–water partition coefficient (Wildman–Crippen LogP) is 2.67. The lowest BCUT2D eigenvalue weighted by Gasteiger charge is -2.34. The zero-order valence-corrected chi connectivity index (χ0v) is 12.7. The van der Waals surface area contributed by atoms with Gasteiger partial charge in [-0.15, -0.1) is 0 Å². The number of nitrogens with zero attached hydrogens (tertiary/aromatic N) is 1. The number of carbonyl (C=O) groups excluding carboxylic acids is 1. The van der Waals surface area contributed by atoms with Crippen molar-refractivity contribution in [3.8, 4) is 5.75 Å². The molecule has 1 amide bonds. The first kappa shape index (κ1) is 16.3. The van der Waals surface area contributed by atoms with E-state index in [1.807, 2.05) is 0 Å². The van der Waals surface area contributed by atoms with Crippen LogP contribution >= 0.6 is 11.6 Å². The molecule has 0 spiro atoms. The molecule has 0 unspecified atom stereocenters. The Balaban J connectivity index is 3.28. The van der Waals surface area contributed by atoms with E-state index >= 15 is 0 Å². The van der Waals surface area contributed by atoms with Gasteiger partial charge in [-0.3, -0.25) is 4.79 Å². The van der Waals surface area contributed by atoms with Crippen LogP contribution in [0, 0.1) is 0 Å². The number of carboxylic acid groups (broad SMARTS) is 1. The summed E-state index contributed by atoms with van der Waals surface area (Å²) in [7, 11) is 1.44. The van der Waals surface area contributed by atoms with Gasteiger partial charge in [-0.05, 0) is 39.0 Å². The Hall–Kier alpha value is -1.75. The molecule has 0 aromatic heterocycles. The molecular formula is C14H18ClNO4. The summed E-state index contributed by atoms with van der Waals surface area (Å²) < 4.78 is 5.14. The first-order valence-electron chi connectivity index (χ1n) is 6.14. The molecule has 1 rings (SSSR count). The molecule has 0 aliphatic carbocycles. The van der Waals surface area contributed by atoms with Crippen molar-refractivity contribution in [3.05, 3.63) is 28.8 Å². The first-order chi connectivity index (χ1) is 9.25. The van der Waals surface area contributed by atoms with Crippen LogP contribution < -0.4 is 4.74 Å². The lowest BCUT2D eigenvalue weighted by Crippen LogP contribution is -2.52. The minimum atomic E-state index is -1.32. The normalized spacial score (nSPS) is 11.1. The predicted molar refractivity (Wildman–Crippen MR) is 76.4 cm³/mol. The largest absolute Gasteiger partial charge is 0.496 e. The maximum atomic E-state index is 12.6. The second-order valence-corrected chi connectivity index (χ2v) is 5.19. The molecule has 0 aliphatic heterocycles. The third-order valence-corrected chi connectivity index (χ3v) is 3.39. The SMILES string of the molecule is CCN(C(=O)c1cc(Cl)ccc1OC)C(C)(C)C(=O)O.